The van der Waals surface area contributed by atoms with E-state index in [1.165, 1.54) is 6.07 Å². The van der Waals surface area contributed by atoms with Crippen molar-refractivity contribution in [1.82, 2.24) is 15.0 Å². The number of carbonyl (C=O) groups excluding carboxylic acids is 1. The summed E-state index contributed by atoms with van der Waals surface area (Å²) < 4.78 is 15.1. The van der Waals surface area contributed by atoms with Gasteiger partial charge in [-0.3, -0.25) is 9.48 Å². The van der Waals surface area contributed by atoms with Crippen molar-refractivity contribution in [3.05, 3.63) is 40.9 Å². The Hall–Kier alpha value is -1.76. The van der Waals surface area contributed by atoms with Crippen LogP contribution in [0.25, 0.3) is 0 Å². The Morgan fingerprint density at radius 2 is 2.33 bits per heavy atom. The predicted octanol–water partition coefficient (Wildman–Crippen LogP) is 2.21. The molecule has 0 unspecified atom stereocenters. The van der Waals surface area contributed by atoms with Crippen molar-refractivity contribution in [2.75, 3.05) is 5.32 Å². The van der Waals surface area contributed by atoms with Gasteiger partial charge in [-0.1, -0.05) is 5.21 Å². The third-order valence-corrected chi connectivity index (χ3v) is 2.89. The van der Waals surface area contributed by atoms with Gasteiger partial charge < -0.3 is 5.32 Å². The summed E-state index contributed by atoms with van der Waals surface area (Å²) in [5, 5.41) is 9.98. The molecule has 0 atom stereocenters. The van der Waals surface area contributed by atoms with Crippen LogP contribution in [0.4, 0.5) is 10.1 Å². The van der Waals surface area contributed by atoms with Crippen LogP contribution >= 0.6 is 15.9 Å². The highest BCUT2D eigenvalue weighted by atomic mass is 79.9. The normalized spacial score (nSPS) is 10.3. The van der Waals surface area contributed by atoms with Gasteiger partial charge in [0, 0.05) is 18.3 Å². The Balaban J connectivity index is 1.88. The Morgan fingerprint density at radius 1 is 1.50 bits per heavy atom. The number of aryl methyl sites for hydroxylation is 1. The van der Waals surface area contributed by atoms with Crippen LogP contribution in [0, 0.1) is 5.82 Å². The summed E-state index contributed by atoms with van der Waals surface area (Å²) in [6, 6.07) is 4.43. The lowest BCUT2D eigenvalue weighted by Gasteiger charge is -2.05. The van der Waals surface area contributed by atoms with Crippen LogP contribution in [0.1, 0.15) is 6.42 Å². The molecule has 2 aromatic rings. The maximum Gasteiger partial charge on any atom is 0.226 e. The molecule has 1 heterocycles. The van der Waals surface area contributed by atoms with Crippen molar-refractivity contribution in [1.29, 1.82) is 0 Å². The van der Waals surface area contributed by atoms with Gasteiger partial charge in [0.2, 0.25) is 5.91 Å². The van der Waals surface area contributed by atoms with Gasteiger partial charge in [-0.2, -0.15) is 0 Å². The van der Waals surface area contributed by atoms with Gasteiger partial charge >= 0.3 is 0 Å². The molecule has 0 aliphatic heterocycles. The number of carbonyl (C=O) groups is 1. The van der Waals surface area contributed by atoms with Gasteiger partial charge in [0.15, 0.2) is 0 Å². The zero-order valence-corrected chi connectivity index (χ0v) is 10.9. The smallest absolute Gasteiger partial charge is 0.226 e. The second-order valence-electron chi connectivity index (χ2n) is 3.59. The molecule has 0 fully saturated rings. The average molecular weight is 313 g/mol. The monoisotopic (exact) mass is 312 g/mol. The molecule has 0 saturated heterocycles. The number of nitrogens with one attached hydrogen (secondary N) is 1. The van der Waals surface area contributed by atoms with E-state index in [2.05, 4.69) is 31.6 Å². The lowest BCUT2D eigenvalue weighted by Crippen LogP contribution is -2.14. The van der Waals surface area contributed by atoms with Crippen molar-refractivity contribution in [2.24, 2.45) is 0 Å². The second-order valence-corrected chi connectivity index (χ2v) is 4.45. The number of nitrogens with zero attached hydrogens (tertiary/aromatic N) is 3. The van der Waals surface area contributed by atoms with Gasteiger partial charge in [0.1, 0.15) is 5.82 Å². The number of rotatable bonds is 4. The minimum absolute atomic E-state index is 0.202. The van der Waals surface area contributed by atoms with Crippen molar-refractivity contribution in [2.45, 2.75) is 13.0 Å². The zero-order valence-electron chi connectivity index (χ0n) is 9.31. The van der Waals surface area contributed by atoms with Crippen LogP contribution in [-0.2, 0) is 11.3 Å². The lowest BCUT2D eigenvalue weighted by molar-refractivity contribution is -0.116. The molecule has 1 amide bonds. The quantitative estimate of drug-likeness (QED) is 0.941. The zero-order chi connectivity index (χ0) is 13.0. The van der Waals surface area contributed by atoms with E-state index in [-0.39, 0.29) is 12.3 Å². The average Bonchev–Trinajstić information content (AvgIpc) is 2.84. The van der Waals surface area contributed by atoms with E-state index in [0.717, 1.165) is 0 Å². The maximum atomic E-state index is 13.2. The molecule has 0 spiro atoms. The molecule has 7 heteroatoms. The van der Waals surface area contributed by atoms with E-state index < -0.39 is 5.82 Å². The SMILES string of the molecule is O=C(CCn1ccnn1)Nc1ccc(Br)c(F)c1. The van der Waals surface area contributed by atoms with Crippen molar-refractivity contribution in [3.63, 3.8) is 0 Å². The maximum absolute atomic E-state index is 13.2. The van der Waals surface area contributed by atoms with Crippen LogP contribution in [0.2, 0.25) is 0 Å². The summed E-state index contributed by atoms with van der Waals surface area (Å²) in [6.07, 6.45) is 3.47. The summed E-state index contributed by atoms with van der Waals surface area (Å²) in [6.45, 7) is 0.435. The minimum Gasteiger partial charge on any atom is -0.326 e. The van der Waals surface area contributed by atoms with Gasteiger partial charge in [0.25, 0.3) is 0 Å². The molecule has 5 nitrogen and oxygen atoms in total. The highest BCUT2D eigenvalue weighted by Crippen LogP contribution is 2.19. The molecule has 1 aromatic carbocycles. The molecular weight excluding hydrogens is 303 g/mol. The number of anilines is 1. The standard InChI is InChI=1S/C11H10BrFN4O/c12-9-2-1-8(7-10(9)13)15-11(18)3-5-17-6-4-14-16-17/h1-2,4,6-7H,3,5H2,(H,15,18). The van der Waals surface area contributed by atoms with E-state index in [0.29, 0.717) is 16.7 Å². The lowest BCUT2D eigenvalue weighted by atomic mass is 10.3. The Bertz CT molecular complexity index is 544. The van der Waals surface area contributed by atoms with E-state index in [1.54, 1.807) is 29.2 Å². The first kappa shape index (κ1) is 12.7. The van der Waals surface area contributed by atoms with Crippen LogP contribution in [0.5, 0.6) is 0 Å². The summed E-state index contributed by atoms with van der Waals surface area (Å²) in [5.41, 5.74) is 0.430. The summed E-state index contributed by atoms with van der Waals surface area (Å²) in [5.74, 6) is -0.615. The molecule has 0 aliphatic carbocycles. The minimum atomic E-state index is -0.413. The van der Waals surface area contributed by atoms with Gasteiger partial charge in [-0.05, 0) is 34.1 Å². The van der Waals surface area contributed by atoms with E-state index >= 15 is 0 Å². The third-order valence-electron chi connectivity index (χ3n) is 2.24. The molecule has 1 aromatic heterocycles. The molecule has 0 saturated carbocycles. The summed E-state index contributed by atoms with van der Waals surface area (Å²) in [4.78, 5) is 11.6. The Kier molecular flexibility index (Phi) is 4.03. The first-order valence-corrected chi connectivity index (χ1v) is 6.03. The number of amides is 1. The molecular formula is C11H10BrFN4O. The molecule has 1 N–H and O–H groups in total. The second kappa shape index (κ2) is 5.72. The molecule has 18 heavy (non-hydrogen) atoms. The number of aromatic nitrogens is 3. The highest BCUT2D eigenvalue weighted by molar-refractivity contribution is 9.10. The number of halogens is 2. The van der Waals surface area contributed by atoms with Crippen LogP contribution in [0.15, 0.2) is 35.1 Å². The molecule has 0 radical (unpaired) electrons. The fourth-order valence-electron chi connectivity index (χ4n) is 1.37. The third kappa shape index (κ3) is 3.36. The predicted molar refractivity (Wildman–Crippen MR) is 67.4 cm³/mol. The number of benzene rings is 1. The Labute approximate surface area is 111 Å². The molecule has 2 rings (SSSR count). The fraction of sp³-hybridized carbons (Fsp3) is 0.182. The largest absolute Gasteiger partial charge is 0.326 e. The number of hydrogen-bond donors (Lipinski definition) is 1. The topological polar surface area (TPSA) is 59.8 Å². The van der Waals surface area contributed by atoms with Crippen LogP contribution < -0.4 is 5.32 Å². The first-order valence-electron chi connectivity index (χ1n) is 5.24. The summed E-state index contributed by atoms with van der Waals surface area (Å²) in [7, 11) is 0. The fourth-order valence-corrected chi connectivity index (χ4v) is 1.61. The van der Waals surface area contributed by atoms with Crippen molar-refractivity contribution < 1.29 is 9.18 Å². The van der Waals surface area contributed by atoms with Gasteiger partial charge in [-0.15, -0.1) is 5.10 Å². The molecule has 0 bridgehead atoms. The molecule has 94 valence electrons. The van der Waals surface area contributed by atoms with E-state index in [1.807, 2.05) is 0 Å². The van der Waals surface area contributed by atoms with E-state index in [9.17, 15) is 9.18 Å². The summed E-state index contributed by atoms with van der Waals surface area (Å²) >= 11 is 3.05. The van der Waals surface area contributed by atoms with Crippen LogP contribution in [0.3, 0.4) is 0 Å². The number of hydrogen-bond acceptors (Lipinski definition) is 3. The van der Waals surface area contributed by atoms with Gasteiger partial charge in [-0.25, -0.2) is 4.39 Å². The molecule has 0 aliphatic rings. The van der Waals surface area contributed by atoms with Gasteiger partial charge in [0.05, 0.1) is 17.2 Å². The van der Waals surface area contributed by atoms with Crippen LogP contribution in [-0.4, -0.2) is 20.9 Å². The Morgan fingerprint density at radius 3 is 3.00 bits per heavy atom. The first-order chi connectivity index (χ1) is 8.65. The highest BCUT2D eigenvalue weighted by Gasteiger charge is 2.05. The van der Waals surface area contributed by atoms with Crippen molar-refractivity contribution in [3.8, 4) is 0 Å². The van der Waals surface area contributed by atoms with E-state index in [4.69, 9.17) is 0 Å². The van der Waals surface area contributed by atoms with Crippen molar-refractivity contribution >= 4 is 27.5 Å².